The Morgan fingerprint density at radius 3 is 2.96 bits per heavy atom. The van der Waals surface area contributed by atoms with Gasteiger partial charge in [0.2, 0.25) is 0 Å². The van der Waals surface area contributed by atoms with Gasteiger partial charge >= 0.3 is 0 Å². The lowest BCUT2D eigenvalue weighted by atomic mass is 10.1. The van der Waals surface area contributed by atoms with Crippen molar-refractivity contribution in [2.45, 2.75) is 50.9 Å². The molecule has 1 aliphatic rings. The standard InChI is InChI=1S/C18H25FN4S/c1-3-21-18(23-15-6-7-16(10-15)24-4-2)22-12-14-9-13(11-20)5-8-17(14)19/h5,8-9,15-16H,3-4,6-7,10,12H2,1-2H3,(H2,21,22,23). The van der Waals surface area contributed by atoms with Crippen LogP contribution in [-0.4, -0.2) is 29.5 Å². The van der Waals surface area contributed by atoms with Crippen LogP contribution in [0.1, 0.15) is 44.2 Å². The van der Waals surface area contributed by atoms with Gasteiger partial charge in [0.05, 0.1) is 18.2 Å². The molecule has 1 fully saturated rings. The summed E-state index contributed by atoms with van der Waals surface area (Å²) in [5.41, 5.74) is 0.895. The van der Waals surface area contributed by atoms with Crippen molar-refractivity contribution in [3.8, 4) is 6.07 Å². The Morgan fingerprint density at radius 2 is 2.25 bits per heavy atom. The van der Waals surface area contributed by atoms with Crippen molar-refractivity contribution in [2.24, 2.45) is 4.99 Å². The van der Waals surface area contributed by atoms with Crippen molar-refractivity contribution in [1.82, 2.24) is 10.6 Å². The Balaban J connectivity index is 2.00. The van der Waals surface area contributed by atoms with Crippen molar-refractivity contribution in [3.63, 3.8) is 0 Å². The van der Waals surface area contributed by atoms with Crippen LogP contribution in [0.2, 0.25) is 0 Å². The molecule has 24 heavy (non-hydrogen) atoms. The number of nitriles is 1. The van der Waals surface area contributed by atoms with Crippen LogP contribution in [0.3, 0.4) is 0 Å². The van der Waals surface area contributed by atoms with E-state index >= 15 is 0 Å². The first kappa shape index (κ1) is 18.6. The third-order valence-corrected chi connectivity index (χ3v) is 5.29. The first-order valence-electron chi connectivity index (χ1n) is 8.51. The van der Waals surface area contributed by atoms with Crippen LogP contribution in [0, 0.1) is 17.1 Å². The van der Waals surface area contributed by atoms with Gasteiger partial charge in [-0.3, -0.25) is 0 Å². The molecule has 0 radical (unpaired) electrons. The van der Waals surface area contributed by atoms with E-state index < -0.39 is 0 Å². The predicted octanol–water partition coefficient (Wildman–Crippen LogP) is 3.43. The topological polar surface area (TPSA) is 60.2 Å². The van der Waals surface area contributed by atoms with Gasteiger partial charge in [-0.25, -0.2) is 9.38 Å². The predicted molar refractivity (Wildman–Crippen MR) is 98.6 cm³/mol. The van der Waals surface area contributed by atoms with Gasteiger partial charge in [0.15, 0.2) is 5.96 Å². The highest BCUT2D eigenvalue weighted by molar-refractivity contribution is 7.99. The molecule has 0 heterocycles. The van der Waals surface area contributed by atoms with E-state index in [0.717, 1.165) is 30.4 Å². The van der Waals surface area contributed by atoms with Crippen LogP contribution in [0.5, 0.6) is 0 Å². The lowest BCUT2D eigenvalue weighted by molar-refractivity contribution is 0.604. The molecule has 130 valence electrons. The fraction of sp³-hybridized carbons (Fsp3) is 0.556. The summed E-state index contributed by atoms with van der Waals surface area (Å²) in [6.07, 6.45) is 3.51. The second-order valence-electron chi connectivity index (χ2n) is 5.84. The highest BCUT2D eigenvalue weighted by Crippen LogP contribution is 2.29. The molecule has 1 saturated carbocycles. The third-order valence-electron chi connectivity index (χ3n) is 4.05. The van der Waals surface area contributed by atoms with E-state index in [1.54, 1.807) is 6.07 Å². The summed E-state index contributed by atoms with van der Waals surface area (Å²) in [6, 6.07) is 6.82. The van der Waals surface area contributed by atoms with Crippen LogP contribution < -0.4 is 10.6 Å². The molecule has 4 nitrogen and oxygen atoms in total. The molecule has 1 aromatic carbocycles. The molecule has 1 aliphatic carbocycles. The fourth-order valence-corrected chi connectivity index (χ4v) is 4.04. The van der Waals surface area contributed by atoms with Crippen molar-refractivity contribution in [1.29, 1.82) is 5.26 Å². The molecule has 0 aliphatic heterocycles. The molecule has 0 aromatic heterocycles. The van der Waals surface area contributed by atoms with Crippen molar-refractivity contribution in [2.75, 3.05) is 12.3 Å². The smallest absolute Gasteiger partial charge is 0.191 e. The van der Waals surface area contributed by atoms with Crippen molar-refractivity contribution >= 4 is 17.7 Å². The third kappa shape index (κ3) is 5.41. The number of thioether (sulfide) groups is 1. The van der Waals surface area contributed by atoms with Gasteiger partial charge in [-0.15, -0.1) is 0 Å². The Bertz CT molecular complexity index is 612. The Kier molecular flexibility index (Phi) is 7.38. The fourth-order valence-electron chi connectivity index (χ4n) is 2.90. The second kappa shape index (κ2) is 9.53. The molecular formula is C18H25FN4S. The maximum atomic E-state index is 13.9. The summed E-state index contributed by atoms with van der Waals surface area (Å²) in [4.78, 5) is 4.49. The molecule has 0 saturated heterocycles. The maximum Gasteiger partial charge on any atom is 0.191 e. The lowest BCUT2D eigenvalue weighted by Crippen LogP contribution is -2.42. The molecule has 0 amide bonds. The van der Waals surface area contributed by atoms with Crippen LogP contribution >= 0.6 is 11.8 Å². The van der Waals surface area contributed by atoms with Crippen LogP contribution in [0.15, 0.2) is 23.2 Å². The summed E-state index contributed by atoms with van der Waals surface area (Å²) in [5, 5.41) is 16.3. The van der Waals surface area contributed by atoms with E-state index in [9.17, 15) is 4.39 Å². The molecule has 2 atom stereocenters. The molecule has 0 bridgehead atoms. The zero-order chi connectivity index (χ0) is 17.4. The normalized spacial score (nSPS) is 20.7. The average Bonchev–Trinajstić information content (AvgIpc) is 3.01. The van der Waals surface area contributed by atoms with Gasteiger partial charge in [-0.2, -0.15) is 17.0 Å². The first-order valence-corrected chi connectivity index (χ1v) is 9.56. The largest absolute Gasteiger partial charge is 0.357 e. The van der Waals surface area contributed by atoms with Crippen LogP contribution in [0.25, 0.3) is 0 Å². The molecule has 2 unspecified atom stereocenters. The highest BCUT2D eigenvalue weighted by Gasteiger charge is 2.25. The van der Waals surface area contributed by atoms with Gasteiger partial charge < -0.3 is 10.6 Å². The summed E-state index contributed by atoms with van der Waals surface area (Å²) in [7, 11) is 0. The second-order valence-corrected chi connectivity index (χ2v) is 7.42. The van der Waals surface area contributed by atoms with Crippen LogP contribution in [0.4, 0.5) is 4.39 Å². The van der Waals surface area contributed by atoms with Gasteiger partial charge in [-0.1, -0.05) is 6.92 Å². The summed E-state index contributed by atoms with van der Waals surface area (Å²) < 4.78 is 13.9. The number of benzene rings is 1. The summed E-state index contributed by atoms with van der Waals surface area (Å²) in [6.45, 7) is 5.18. The van der Waals surface area contributed by atoms with E-state index in [1.807, 2.05) is 24.8 Å². The average molecular weight is 348 g/mol. The van der Waals surface area contributed by atoms with E-state index in [0.29, 0.717) is 23.1 Å². The monoisotopic (exact) mass is 348 g/mol. The molecule has 6 heteroatoms. The maximum absolute atomic E-state index is 13.9. The molecular weight excluding hydrogens is 323 g/mol. The Morgan fingerprint density at radius 1 is 1.42 bits per heavy atom. The minimum Gasteiger partial charge on any atom is -0.357 e. The number of nitrogens with zero attached hydrogens (tertiary/aromatic N) is 2. The van der Waals surface area contributed by atoms with Crippen molar-refractivity contribution in [3.05, 3.63) is 35.1 Å². The first-order chi connectivity index (χ1) is 11.7. The summed E-state index contributed by atoms with van der Waals surface area (Å²) in [5.74, 6) is 1.54. The number of nitrogens with one attached hydrogen (secondary N) is 2. The SMILES string of the molecule is CCNC(=NCc1cc(C#N)ccc1F)NC1CCC(SCC)C1. The number of guanidine groups is 1. The van der Waals surface area contributed by atoms with Gasteiger partial charge in [0.1, 0.15) is 5.82 Å². The Hall–Kier alpha value is -1.74. The quantitative estimate of drug-likeness (QED) is 0.611. The zero-order valence-corrected chi connectivity index (χ0v) is 15.1. The summed E-state index contributed by atoms with van der Waals surface area (Å²) >= 11 is 2.02. The number of aliphatic imine (C=N–C) groups is 1. The minimum atomic E-state index is -0.325. The number of hydrogen-bond donors (Lipinski definition) is 2. The number of halogens is 1. The Labute approximate surface area is 147 Å². The van der Waals surface area contributed by atoms with Gasteiger partial charge in [0.25, 0.3) is 0 Å². The molecule has 1 aromatic rings. The van der Waals surface area contributed by atoms with Crippen molar-refractivity contribution < 1.29 is 4.39 Å². The zero-order valence-electron chi connectivity index (χ0n) is 14.3. The minimum absolute atomic E-state index is 0.219. The van der Waals surface area contributed by atoms with Crippen LogP contribution in [-0.2, 0) is 6.54 Å². The number of hydrogen-bond acceptors (Lipinski definition) is 3. The van der Waals surface area contributed by atoms with E-state index in [2.05, 4.69) is 22.5 Å². The highest BCUT2D eigenvalue weighted by atomic mass is 32.2. The molecule has 2 rings (SSSR count). The van der Waals surface area contributed by atoms with E-state index in [-0.39, 0.29) is 12.4 Å². The van der Waals surface area contributed by atoms with Gasteiger partial charge in [0, 0.05) is 23.4 Å². The van der Waals surface area contributed by atoms with E-state index in [1.165, 1.54) is 18.6 Å². The lowest BCUT2D eigenvalue weighted by Gasteiger charge is -2.17. The molecule has 2 N–H and O–H groups in total. The van der Waals surface area contributed by atoms with E-state index in [4.69, 9.17) is 5.26 Å². The van der Waals surface area contributed by atoms with Gasteiger partial charge in [-0.05, 0) is 50.1 Å². The molecule has 0 spiro atoms. The number of rotatable bonds is 6.